The quantitative estimate of drug-likeness (QED) is 0.559. The third-order valence-electron chi connectivity index (χ3n) is 1.23. The Bertz CT molecular complexity index is 263. The minimum Gasteiger partial charge on any atom is -0.457 e. The number of halogens is 3. The van der Waals surface area contributed by atoms with Gasteiger partial charge in [0.2, 0.25) is 0 Å². The highest BCUT2D eigenvalue weighted by atomic mass is 19.4. The number of carbonyl (C=O) groups excluding carboxylic acids is 1. The van der Waals surface area contributed by atoms with Crippen LogP contribution < -0.4 is 0 Å². The minimum atomic E-state index is -4.41. The number of rotatable bonds is 4. The van der Waals surface area contributed by atoms with Crippen molar-refractivity contribution in [2.45, 2.75) is 32.5 Å². The second kappa shape index (κ2) is 5.34. The molecule has 94 valence electrons. The molecule has 0 aliphatic carbocycles. The number of alkyl halides is 3. The van der Waals surface area contributed by atoms with Gasteiger partial charge < -0.3 is 9.47 Å². The molecule has 0 saturated heterocycles. The van der Waals surface area contributed by atoms with E-state index in [0.717, 1.165) is 0 Å². The van der Waals surface area contributed by atoms with Gasteiger partial charge in [-0.2, -0.15) is 13.2 Å². The van der Waals surface area contributed by atoms with Gasteiger partial charge >= 0.3 is 12.1 Å². The van der Waals surface area contributed by atoms with E-state index in [9.17, 15) is 18.0 Å². The molecular formula is C10H15F3O3. The normalized spacial score (nSPS) is 12.4. The fraction of sp³-hybridized carbons (Fsp3) is 0.700. The summed E-state index contributed by atoms with van der Waals surface area (Å²) in [7, 11) is 0. The van der Waals surface area contributed by atoms with E-state index in [1.165, 1.54) is 0 Å². The van der Waals surface area contributed by atoms with Crippen molar-refractivity contribution in [2.75, 3.05) is 13.2 Å². The van der Waals surface area contributed by atoms with E-state index in [1.807, 2.05) is 0 Å². The molecule has 0 N–H and O–H groups in total. The molecule has 0 bridgehead atoms. The predicted octanol–water partition coefficient (Wildman–Crippen LogP) is 2.46. The van der Waals surface area contributed by atoms with Crippen molar-refractivity contribution < 1.29 is 27.4 Å². The van der Waals surface area contributed by atoms with Crippen LogP contribution in [-0.2, 0) is 14.3 Å². The first-order chi connectivity index (χ1) is 7.01. The van der Waals surface area contributed by atoms with Crippen LogP contribution in [0.2, 0.25) is 0 Å². The summed E-state index contributed by atoms with van der Waals surface area (Å²) in [6, 6.07) is 0. The SMILES string of the molecule is C=C(COCC(F)(F)F)C(=O)OC(C)(C)C. The third kappa shape index (κ3) is 8.28. The average molecular weight is 240 g/mol. The Labute approximate surface area is 92.2 Å². The Morgan fingerprint density at radius 1 is 1.25 bits per heavy atom. The van der Waals surface area contributed by atoms with Crippen LogP contribution in [0.25, 0.3) is 0 Å². The molecule has 3 nitrogen and oxygen atoms in total. The van der Waals surface area contributed by atoms with Crippen LogP contribution >= 0.6 is 0 Å². The summed E-state index contributed by atoms with van der Waals surface area (Å²) in [5.74, 6) is -0.755. The van der Waals surface area contributed by atoms with Gasteiger partial charge in [-0.3, -0.25) is 0 Å². The lowest BCUT2D eigenvalue weighted by Crippen LogP contribution is -2.26. The molecule has 0 spiro atoms. The number of ether oxygens (including phenoxy) is 2. The summed E-state index contributed by atoms with van der Waals surface area (Å²) < 4.78 is 44.3. The van der Waals surface area contributed by atoms with Gasteiger partial charge in [0.1, 0.15) is 12.2 Å². The third-order valence-corrected chi connectivity index (χ3v) is 1.23. The van der Waals surface area contributed by atoms with Gasteiger partial charge in [0.25, 0.3) is 0 Å². The lowest BCUT2D eigenvalue weighted by molar-refractivity contribution is -0.173. The van der Waals surface area contributed by atoms with Crippen molar-refractivity contribution >= 4 is 5.97 Å². The minimum absolute atomic E-state index is 0.140. The largest absolute Gasteiger partial charge is 0.457 e. The van der Waals surface area contributed by atoms with Crippen molar-refractivity contribution in [1.82, 2.24) is 0 Å². The van der Waals surface area contributed by atoms with E-state index in [2.05, 4.69) is 11.3 Å². The Kier molecular flexibility index (Phi) is 4.99. The predicted molar refractivity (Wildman–Crippen MR) is 51.9 cm³/mol. The van der Waals surface area contributed by atoms with Crippen LogP contribution in [0.3, 0.4) is 0 Å². The summed E-state index contributed by atoms with van der Waals surface area (Å²) in [6.07, 6.45) is -4.41. The number of carbonyl (C=O) groups is 1. The van der Waals surface area contributed by atoms with Crippen LogP contribution in [0.4, 0.5) is 13.2 Å². The molecule has 6 heteroatoms. The van der Waals surface area contributed by atoms with Gasteiger partial charge in [-0.1, -0.05) is 6.58 Å². The molecule has 0 unspecified atom stereocenters. The maximum atomic E-state index is 11.7. The van der Waals surface area contributed by atoms with Gasteiger partial charge in [-0.25, -0.2) is 4.79 Å². The van der Waals surface area contributed by atoms with Crippen LogP contribution in [0.1, 0.15) is 20.8 Å². The zero-order valence-electron chi connectivity index (χ0n) is 9.48. The average Bonchev–Trinajstić information content (AvgIpc) is 1.98. The van der Waals surface area contributed by atoms with Gasteiger partial charge in [0.15, 0.2) is 0 Å². The molecule has 0 amide bonds. The molecule has 0 aromatic carbocycles. The van der Waals surface area contributed by atoms with E-state index < -0.39 is 31.0 Å². The second-order valence-electron chi connectivity index (χ2n) is 4.21. The first-order valence-corrected chi connectivity index (χ1v) is 4.57. The molecule has 0 saturated carbocycles. The molecule has 0 rings (SSSR count). The van der Waals surface area contributed by atoms with Crippen LogP contribution in [0.15, 0.2) is 12.2 Å². The summed E-state index contributed by atoms with van der Waals surface area (Å²) in [5, 5.41) is 0. The zero-order chi connectivity index (χ0) is 13.0. The molecule has 0 aliphatic rings. The molecule has 0 atom stereocenters. The number of hydrogen-bond donors (Lipinski definition) is 0. The van der Waals surface area contributed by atoms with Crippen molar-refractivity contribution in [2.24, 2.45) is 0 Å². The molecule has 16 heavy (non-hydrogen) atoms. The maximum absolute atomic E-state index is 11.7. The molecule has 0 heterocycles. The van der Waals surface area contributed by atoms with Gasteiger partial charge in [0.05, 0.1) is 12.2 Å². The standard InChI is InChI=1S/C10H15F3O3/c1-7(5-15-6-10(11,12)13)8(14)16-9(2,3)4/h1,5-6H2,2-4H3. The topological polar surface area (TPSA) is 35.5 Å². The van der Waals surface area contributed by atoms with E-state index in [1.54, 1.807) is 20.8 Å². The summed E-state index contributed by atoms with van der Waals surface area (Å²) in [6.45, 7) is 6.33. The van der Waals surface area contributed by atoms with Gasteiger partial charge in [-0.05, 0) is 20.8 Å². The van der Waals surface area contributed by atoms with E-state index in [4.69, 9.17) is 4.74 Å². The fourth-order valence-corrected chi connectivity index (χ4v) is 0.699. The summed E-state index contributed by atoms with van der Waals surface area (Å²) >= 11 is 0. The molecule has 0 fully saturated rings. The zero-order valence-corrected chi connectivity index (χ0v) is 9.48. The number of esters is 1. The van der Waals surface area contributed by atoms with Crippen molar-refractivity contribution in [1.29, 1.82) is 0 Å². The Balaban J connectivity index is 3.95. The summed E-state index contributed by atoms with van der Waals surface area (Å²) in [5.41, 5.74) is -0.844. The highest BCUT2D eigenvalue weighted by Crippen LogP contribution is 2.15. The summed E-state index contributed by atoms with van der Waals surface area (Å²) in [4.78, 5) is 11.2. The Morgan fingerprint density at radius 3 is 2.12 bits per heavy atom. The fourth-order valence-electron chi connectivity index (χ4n) is 0.699. The highest BCUT2D eigenvalue weighted by Gasteiger charge is 2.28. The van der Waals surface area contributed by atoms with Gasteiger partial charge in [0, 0.05) is 0 Å². The highest BCUT2D eigenvalue weighted by molar-refractivity contribution is 5.88. The van der Waals surface area contributed by atoms with E-state index in [0.29, 0.717) is 0 Å². The first kappa shape index (κ1) is 15.0. The lowest BCUT2D eigenvalue weighted by atomic mass is 10.2. The smallest absolute Gasteiger partial charge is 0.411 e. The van der Waals surface area contributed by atoms with Crippen molar-refractivity contribution in [3.8, 4) is 0 Å². The second-order valence-corrected chi connectivity index (χ2v) is 4.21. The van der Waals surface area contributed by atoms with Crippen molar-refractivity contribution in [3.63, 3.8) is 0 Å². The number of hydrogen-bond acceptors (Lipinski definition) is 3. The Morgan fingerprint density at radius 2 is 1.75 bits per heavy atom. The van der Waals surface area contributed by atoms with Crippen LogP contribution in [0, 0.1) is 0 Å². The maximum Gasteiger partial charge on any atom is 0.411 e. The first-order valence-electron chi connectivity index (χ1n) is 4.57. The van der Waals surface area contributed by atoms with E-state index >= 15 is 0 Å². The van der Waals surface area contributed by atoms with Crippen LogP contribution in [-0.4, -0.2) is 31.0 Å². The molecule has 0 aliphatic heterocycles. The molecule has 0 aromatic rings. The van der Waals surface area contributed by atoms with E-state index in [-0.39, 0.29) is 5.57 Å². The molecule has 0 aromatic heterocycles. The van der Waals surface area contributed by atoms with Crippen molar-refractivity contribution in [3.05, 3.63) is 12.2 Å². The van der Waals surface area contributed by atoms with Gasteiger partial charge in [-0.15, -0.1) is 0 Å². The molecular weight excluding hydrogens is 225 g/mol. The monoisotopic (exact) mass is 240 g/mol. The molecule has 0 radical (unpaired) electrons. The van der Waals surface area contributed by atoms with Crippen LogP contribution in [0.5, 0.6) is 0 Å². The Hall–Kier alpha value is -1.04. The lowest BCUT2D eigenvalue weighted by Gasteiger charge is -2.20.